The van der Waals surface area contributed by atoms with E-state index >= 15 is 0 Å². The van der Waals surface area contributed by atoms with Crippen molar-refractivity contribution in [3.8, 4) is 23.0 Å². The van der Waals surface area contributed by atoms with Gasteiger partial charge in [-0.2, -0.15) is 0 Å². The second-order valence-electron chi connectivity index (χ2n) is 7.67. The molecule has 190 valence electrons. The Morgan fingerprint density at radius 2 is 1.62 bits per heavy atom. The fourth-order valence-electron chi connectivity index (χ4n) is 3.48. The number of carbonyl (C=O) groups is 2. The van der Waals surface area contributed by atoms with Crippen LogP contribution < -0.4 is 18.9 Å². The zero-order valence-electron chi connectivity index (χ0n) is 20.4. The molecule has 0 spiro atoms. The zero-order chi connectivity index (χ0) is 26.4. The highest BCUT2D eigenvalue weighted by atomic mass is 79.9. The summed E-state index contributed by atoms with van der Waals surface area (Å²) in [4.78, 5) is 29.4. The first-order chi connectivity index (χ1) is 17.9. The molecule has 3 aromatic rings. The summed E-state index contributed by atoms with van der Waals surface area (Å²) in [5, 5.41) is 0. The number of nitrogens with zero attached hydrogens (tertiary/aromatic N) is 1. The molecule has 0 unspecified atom stereocenters. The van der Waals surface area contributed by atoms with Crippen molar-refractivity contribution in [3.05, 3.63) is 87.5 Å². The molecule has 0 bridgehead atoms. The molecule has 1 heterocycles. The molecule has 0 N–H and O–H groups in total. The average molecular weight is 566 g/mol. The monoisotopic (exact) mass is 565 g/mol. The molecule has 1 aliphatic heterocycles. The number of benzene rings is 3. The van der Waals surface area contributed by atoms with E-state index in [1.165, 1.54) is 7.11 Å². The summed E-state index contributed by atoms with van der Waals surface area (Å²) in [6.45, 7) is 4.71. The first-order valence-corrected chi connectivity index (χ1v) is 12.3. The summed E-state index contributed by atoms with van der Waals surface area (Å²) in [6.07, 6.45) is 1.57. The van der Waals surface area contributed by atoms with E-state index in [0.717, 1.165) is 4.47 Å². The number of rotatable bonds is 9. The molecule has 1 aliphatic rings. The van der Waals surface area contributed by atoms with Crippen molar-refractivity contribution in [1.82, 2.24) is 0 Å². The third kappa shape index (κ3) is 6.18. The molecule has 0 saturated heterocycles. The van der Waals surface area contributed by atoms with Gasteiger partial charge in [-0.25, -0.2) is 14.6 Å². The van der Waals surface area contributed by atoms with Crippen LogP contribution in [0.2, 0.25) is 0 Å². The lowest BCUT2D eigenvalue weighted by molar-refractivity contribution is -0.129. The maximum atomic E-state index is 12.5. The number of esters is 2. The van der Waals surface area contributed by atoms with Gasteiger partial charge in [0.1, 0.15) is 0 Å². The van der Waals surface area contributed by atoms with E-state index in [4.69, 9.17) is 23.7 Å². The summed E-state index contributed by atoms with van der Waals surface area (Å²) in [5.41, 5.74) is 1.70. The smallest absolute Gasteiger partial charge is 0.363 e. The van der Waals surface area contributed by atoms with Gasteiger partial charge in [-0.15, -0.1) is 0 Å². The van der Waals surface area contributed by atoms with Crippen molar-refractivity contribution >= 4 is 39.8 Å². The Kier molecular flexibility index (Phi) is 8.25. The highest BCUT2D eigenvalue weighted by Crippen LogP contribution is 2.32. The molecule has 0 radical (unpaired) electrons. The van der Waals surface area contributed by atoms with Crippen LogP contribution in [0.25, 0.3) is 6.08 Å². The molecule has 0 aromatic heterocycles. The maximum absolute atomic E-state index is 12.5. The predicted molar refractivity (Wildman–Crippen MR) is 141 cm³/mol. The Balaban J connectivity index is 1.56. The first-order valence-electron chi connectivity index (χ1n) is 11.5. The molecule has 3 aromatic carbocycles. The lowest BCUT2D eigenvalue weighted by Crippen LogP contribution is -2.09. The van der Waals surface area contributed by atoms with Crippen LogP contribution in [0.15, 0.2) is 75.8 Å². The van der Waals surface area contributed by atoms with E-state index in [-0.39, 0.29) is 17.3 Å². The van der Waals surface area contributed by atoms with Crippen molar-refractivity contribution in [2.24, 2.45) is 4.99 Å². The number of aliphatic imine (C=N–C) groups is 1. The number of methoxy groups -OCH3 is 1. The highest BCUT2D eigenvalue weighted by molar-refractivity contribution is 9.10. The van der Waals surface area contributed by atoms with Crippen LogP contribution in [0.3, 0.4) is 0 Å². The molecule has 0 saturated carbocycles. The van der Waals surface area contributed by atoms with Crippen molar-refractivity contribution in [1.29, 1.82) is 0 Å². The predicted octanol–water partition coefficient (Wildman–Crippen LogP) is 5.82. The minimum Gasteiger partial charge on any atom is -0.493 e. The van der Waals surface area contributed by atoms with Crippen LogP contribution in [0.5, 0.6) is 23.0 Å². The summed E-state index contributed by atoms with van der Waals surface area (Å²) >= 11 is 3.34. The van der Waals surface area contributed by atoms with Gasteiger partial charge in [-0.3, -0.25) is 0 Å². The Morgan fingerprint density at radius 3 is 2.32 bits per heavy atom. The molecule has 8 nitrogen and oxygen atoms in total. The second kappa shape index (κ2) is 11.7. The van der Waals surface area contributed by atoms with Crippen LogP contribution in [0.1, 0.15) is 35.3 Å². The first kappa shape index (κ1) is 26.0. The normalized spacial score (nSPS) is 13.7. The molecule has 0 atom stereocenters. The molecule has 9 heteroatoms. The van der Waals surface area contributed by atoms with Gasteiger partial charge in [-0.1, -0.05) is 22.0 Å². The molecule has 0 amide bonds. The van der Waals surface area contributed by atoms with Crippen molar-refractivity contribution in [3.63, 3.8) is 0 Å². The number of halogens is 1. The van der Waals surface area contributed by atoms with Crippen molar-refractivity contribution in [2.75, 3.05) is 20.3 Å². The lowest BCUT2D eigenvalue weighted by atomic mass is 10.1. The number of cyclic esters (lactones) is 1. The van der Waals surface area contributed by atoms with E-state index in [2.05, 4.69) is 20.9 Å². The minimum atomic E-state index is -0.591. The average Bonchev–Trinajstić information content (AvgIpc) is 3.26. The molecular weight excluding hydrogens is 542 g/mol. The van der Waals surface area contributed by atoms with Gasteiger partial charge in [0.05, 0.1) is 25.9 Å². The minimum absolute atomic E-state index is 0.114. The Labute approximate surface area is 222 Å². The van der Waals surface area contributed by atoms with Crippen LogP contribution in [0, 0.1) is 0 Å². The number of ether oxygens (including phenoxy) is 5. The SMILES string of the molecule is CCOc1ccc(C2=N/C(=C\c3ccc(OC(=O)c4ccc(Br)cc4)c(OC)c3)C(=O)O2)cc1OCC. The number of hydrogen-bond donors (Lipinski definition) is 0. The summed E-state index contributed by atoms with van der Waals surface area (Å²) < 4.78 is 28.4. The lowest BCUT2D eigenvalue weighted by Gasteiger charge is -2.11. The van der Waals surface area contributed by atoms with Crippen molar-refractivity contribution in [2.45, 2.75) is 13.8 Å². The molecule has 0 fully saturated rings. The highest BCUT2D eigenvalue weighted by Gasteiger charge is 2.25. The van der Waals surface area contributed by atoms with Gasteiger partial charge in [0.2, 0.25) is 5.90 Å². The van der Waals surface area contributed by atoms with Gasteiger partial charge in [0.25, 0.3) is 0 Å². The molecule has 4 rings (SSSR count). The number of hydrogen-bond acceptors (Lipinski definition) is 8. The van der Waals surface area contributed by atoms with Gasteiger partial charge in [0.15, 0.2) is 28.7 Å². The zero-order valence-corrected chi connectivity index (χ0v) is 22.0. The van der Waals surface area contributed by atoms with E-state index < -0.39 is 11.9 Å². The van der Waals surface area contributed by atoms with Gasteiger partial charge < -0.3 is 23.7 Å². The van der Waals surface area contributed by atoms with Gasteiger partial charge >= 0.3 is 11.9 Å². The standard InChI is InChI=1S/C28H24BrNO7/c1-4-34-22-13-9-19(16-25(22)35-5-2)26-30-21(28(32)37-26)14-17-6-12-23(24(15-17)33-3)36-27(31)18-7-10-20(29)11-8-18/h6-16H,4-5H2,1-3H3/b21-14-. The Bertz CT molecular complexity index is 1380. The summed E-state index contributed by atoms with van der Waals surface area (Å²) in [6, 6.07) is 17.0. The fraction of sp³-hybridized carbons (Fsp3) is 0.179. The maximum Gasteiger partial charge on any atom is 0.363 e. The fourth-order valence-corrected chi connectivity index (χ4v) is 3.74. The molecule has 0 aliphatic carbocycles. The van der Waals surface area contributed by atoms with Crippen LogP contribution in [-0.4, -0.2) is 38.2 Å². The third-order valence-corrected chi connectivity index (χ3v) is 5.71. The van der Waals surface area contributed by atoms with E-state index in [1.54, 1.807) is 66.7 Å². The largest absolute Gasteiger partial charge is 0.493 e. The van der Waals surface area contributed by atoms with E-state index in [9.17, 15) is 9.59 Å². The van der Waals surface area contributed by atoms with E-state index in [0.29, 0.717) is 47.2 Å². The van der Waals surface area contributed by atoms with Gasteiger partial charge in [-0.05, 0) is 80.1 Å². The quantitative estimate of drug-likeness (QED) is 0.183. The topological polar surface area (TPSA) is 92.7 Å². The third-order valence-electron chi connectivity index (χ3n) is 5.18. The summed E-state index contributed by atoms with van der Waals surface area (Å²) in [7, 11) is 1.46. The Hall–Kier alpha value is -4.11. The molecular formula is C28H24BrNO7. The number of carbonyl (C=O) groups excluding carboxylic acids is 2. The van der Waals surface area contributed by atoms with E-state index in [1.807, 2.05) is 13.8 Å². The molecule has 37 heavy (non-hydrogen) atoms. The van der Waals surface area contributed by atoms with Crippen LogP contribution in [0.4, 0.5) is 0 Å². The van der Waals surface area contributed by atoms with Crippen LogP contribution in [-0.2, 0) is 9.53 Å². The Morgan fingerprint density at radius 1 is 0.919 bits per heavy atom. The summed E-state index contributed by atoms with van der Waals surface area (Å²) in [5.74, 6) is 0.751. The van der Waals surface area contributed by atoms with Crippen LogP contribution >= 0.6 is 15.9 Å². The van der Waals surface area contributed by atoms with Gasteiger partial charge in [0, 0.05) is 10.0 Å². The second-order valence-corrected chi connectivity index (χ2v) is 8.59. The van der Waals surface area contributed by atoms with Crippen molar-refractivity contribution < 1.29 is 33.3 Å².